The Kier molecular flexibility index (Phi) is 3.83. The maximum absolute atomic E-state index is 5.80. The predicted octanol–water partition coefficient (Wildman–Crippen LogP) is 2.63. The Balaban J connectivity index is 0.00000112. The van der Waals surface area contributed by atoms with E-state index < -0.39 is 0 Å². The van der Waals surface area contributed by atoms with Gasteiger partial charge in [-0.1, -0.05) is 11.6 Å². The summed E-state index contributed by atoms with van der Waals surface area (Å²) < 4.78 is 0. The fourth-order valence-electron chi connectivity index (χ4n) is 1.57. The third-order valence-electron chi connectivity index (χ3n) is 2.25. The van der Waals surface area contributed by atoms with Crippen molar-refractivity contribution in [1.82, 2.24) is 0 Å². The zero-order valence-electron chi connectivity index (χ0n) is 8.35. The molecule has 1 unspecified atom stereocenters. The first kappa shape index (κ1) is 12.1. The van der Waals surface area contributed by atoms with Crippen molar-refractivity contribution in [3.05, 3.63) is 29.3 Å². The van der Waals surface area contributed by atoms with Crippen molar-refractivity contribution in [1.29, 1.82) is 0 Å². The lowest BCUT2D eigenvalue weighted by atomic mass is 10.2. The van der Waals surface area contributed by atoms with E-state index in [2.05, 4.69) is 12.0 Å². The summed E-state index contributed by atoms with van der Waals surface area (Å²) in [6, 6.07) is 7.93. The molecule has 0 bridgehead atoms. The summed E-state index contributed by atoms with van der Waals surface area (Å²) >= 11 is 5.80. The van der Waals surface area contributed by atoms with E-state index in [9.17, 15) is 0 Å². The zero-order chi connectivity index (χ0) is 10.1. The minimum Gasteiger partial charge on any atom is -0.386 e. The zero-order valence-corrected chi connectivity index (χ0v) is 9.92. The lowest BCUT2D eigenvalue weighted by molar-refractivity contribution is 0.723. The molecule has 0 aromatic heterocycles. The van der Waals surface area contributed by atoms with Gasteiger partial charge < -0.3 is 5.73 Å². The number of nitrogens with zero attached hydrogens (tertiary/aromatic N) is 2. The van der Waals surface area contributed by atoms with E-state index in [1.807, 2.05) is 29.3 Å². The smallest absolute Gasteiger partial charge is 0.122 e. The molecule has 0 fully saturated rings. The average Bonchev–Trinajstić information content (AvgIpc) is 2.47. The first-order valence-corrected chi connectivity index (χ1v) is 4.92. The lowest BCUT2D eigenvalue weighted by Gasteiger charge is -2.19. The minimum atomic E-state index is 0. The molecular weight excluding hydrogens is 233 g/mol. The number of anilines is 1. The van der Waals surface area contributed by atoms with Gasteiger partial charge >= 0.3 is 0 Å². The highest BCUT2D eigenvalue weighted by Crippen LogP contribution is 2.24. The number of hydrazone groups is 1. The van der Waals surface area contributed by atoms with E-state index >= 15 is 0 Å². The molecule has 0 saturated heterocycles. The molecule has 1 aromatic carbocycles. The molecule has 0 saturated carbocycles. The van der Waals surface area contributed by atoms with Gasteiger partial charge in [0.05, 0.1) is 11.7 Å². The molecule has 1 heterocycles. The van der Waals surface area contributed by atoms with Gasteiger partial charge in [0.2, 0.25) is 0 Å². The van der Waals surface area contributed by atoms with Crippen LogP contribution in [0.1, 0.15) is 13.3 Å². The Bertz CT molecular complexity index is 361. The minimum absolute atomic E-state index is 0. The van der Waals surface area contributed by atoms with Gasteiger partial charge in [-0.05, 0) is 31.2 Å². The molecule has 1 aliphatic heterocycles. The monoisotopic (exact) mass is 245 g/mol. The van der Waals surface area contributed by atoms with Crippen LogP contribution in [0.25, 0.3) is 0 Å². The molecule has 3 nitrogen and oxygen atoms in total. The fourth-order valence-corrected chi connectivity index (χ4v) is 1.70. The van der Waals surface area contributed by atoms with Crippen molar-refractivity contribution in [2.45, 2.75) is 19.4 Å². The fraction of sp³-hybridized carbons (Fsp3) is 0.300. The Morgan fingerprint density at radius 1 is 1.40 bits per heavy atom. The van der Waals surface area contributed by atoms with E-state index in [0.717, 1.165) is 17.1 Å². The third-order valence-corrected chi connectivity index (χ3v) is 2.50. The first-order chi connectivity index (χ1) is 6.66. The molecular formula is C10H13Cl2N3. The van der Waals surface area contributed by atoms with E-state index in [1.165, 1.54) is 0 Å². The Morgan fingerprint density at radius 3 is 2.47 bits per heavy atom. The molecule has 82 valence electrons. The maximum atomic E-state index is 5.80. The summed E-state index contributed by atoms with van der Waals surface area (Å²) in [5.41, 5.74) is 6.70. The number of nitrogens with two attached hydrogens (primary N) is 1. The SMILES string of the molecule is CC1CC(N)=NN1c1ccc(Cl)cc1.Cl. The average molecular weight is 246 g/mol. The van der Waals surface area contributed by atoms with Gasteiger partial charge in [-0.25, -0.2) is 0 Å². The first-order valence-electron chi connectivity index (χ1n) is 4.54. The molecule has 0 amide bonds. The van der Waals surface area contributed by atoms with Gasteiger partial charge in [0.1, 0.15) is 5.84 Å². The van der Waals surface area contributed by atoms with Crippen LogP contribution in [0, 0.1) is 0 Å². The molecule has 0 spiro atoms. The van der Waals surface area contributed by atoms with Crippen LogP contribution in [-0.4, -0.2) is 11.9 Å². The molecule has 1 aromatic rings. The number of rotatable bonds is 1. The van der Waals surface area contributed by atoms with Crippen LogP contribution in [0.15, 0.2) is 29.4 Å². The number of amidine groups is 1. The highest BCUT2D eigenvalue weighted by Gasteiger charge is 2.21. The van der Waals surface area contributed by atoms with Gasteiger partial charge in [-0.3, -0.25) is 5.01 Å². The number of halogens is 2. The highest BCUT2D eigenvalue weighted by molar-refractivity contribution is 6.30. The Hall–Kier alpha value is -0.930. The van der Waals surface area contributed by atoms with E-state index in [1.54, 1.807) is 0 Å². The van der Waals surface area contributed by atoms with Crippen LogP contribution in [0.5, 0.6) is 0 Å². The van der Waals surface area contributed by atoms with Crippen molar-refractivity contribution >= 4 is 35.5 Å². The number of hydrogen-bond acceptors (Lipinski definition) is 3. The molecule has 1 aliphatic rings. The van der Waals surface area contributed by atoms with Crippen molar-refractivity contribution in [3.8, 4) is 0 Å². The highest BCUT2D eigenvalue weighted by atomic mass is 35.5. The summed E-state index contributed by atoms with van der Waals surface area (Å²) in [6.45, 7) is 2.10. The summed E-state index contributed by atoms with van der Waals surface area (Å²) in [4.78, 5) is 0. The topological polar surface area (TPSA) is 41.6 Å². The van der Waals surface area contributed by atoms with Gasteiger partial charge in [-0.15, -0.1) is 12.4 Å². The molecule has 2 N–H and O–H groups in total. The molecule has 5 heteroatoms. The maximum Gasteiger partial charge on any atom is 0.122 e. The summed E-state index contributed by atoms with van der Waals surface area (Å²) in [6.07, 6.45) is 0.822. The molecule has 2 rings (SSSR count). The van der Waals surface area contributed by atoms with Crippen LogP contribution in [0.4, 0.5) is 5.69 Å². The Labute approximate surface area is 100 Å². The molecule has 0 aliphatic carbocycles. The van der Waals surface area contributed by atoms with Gasteiger partial charge in [0, 0.05) is 11.4 Å². The largest absolute Gasteiger partial charge is 0.386 e. The van der Waals surface area contributed by atoms with Crippen molar-refractivity contribution in [3.63, 3.8) is 0 Å². The summed E-state index contributed by atoms with van der Waals surface area (Å²) in [5.74, 6) is 0.687. The molecule has 1 atom stereocenters. The van der Waals surface area contributed by atoms with E-state index in [-0.39, 0.29) is 12.4 Å². The van der Waals surface area contributed by atoms with Gasteiger partial charge in [0.25, 0.3) is 0 Å². The number of benzene rings is 1. The third kappa shape index (κ3) is 2.55. The second kappa shape index (κ2) is 4.73. The van der Waals surface area contributed by atoms with Gasteiger partial charge in [-0.2, -0.15) is 5.10 Å². The lowest BCUT2D eigenvalue weighted by Crippen LogP contribution is -2.22. The van der Waals surface area contributed by atoms with Crippen molar-refractivity contribution < 1.29 is 0 Å². The molecule has 0 radical (unpaired) electrons. The Morgan fingerprint density at radius 2 is 2.00 bits per heavy atom. The van der Waals surface area contributed by atoms with Crippen LogP contribution >= 0.6 is 24.0 Å². The van der Waals surface area contributed by atoms with Gasteiger partial charge in [0.15, 0.2) is 0 Å². The van der Waals surface area contributed by atoms with E-state index in [0.29, 0.717) is 11.9 Å². The molecule has 15 heavy (non-hydrogen) atoms. The van der Waals surface area contributed by atoms with Crippen molar-refractivity contribution in [2.24, 2.45) is 10.8 Å². The van der Waals surface area contributed by atoms with Crippen LogP contribution in [0.3, 0.4) is 0 Å². The normalized spacial score (nSPS) is 19.7. The predicted molar refractivity (Wildman–Crippen MR) is 66.9 cm³/mol. The van der Waals surface area contributed by atoms with E-state index in [4.69, 9.17) is 17.3 Å². The van der Waals surface area contributed by atoms with Crippen molar-refractivity contribution in [2.75, 3.05) is 5.01 Å². The van der Waals surface area contributed by atoms with Crippen LogP contribution in [-0.2, 0) is 0 Å². The summed E-state index contributed by atoms with van der Waals surface area (Å²) in [7, 11) is 0. The quantitative estimate of drug-likeness (QED) is 0.827. The standard InChI is InChI=1S/C10H12ClN3.ClH/c1-7-6-10(12)13-14(7)9-4-2-8(11)3-5-9;/h2-5,7H,6H2,1H3,(H2,12,13);1H. The van der Waals surface area contributed by atoms with Crippen LogP contribution in [0.2, 0.25) is 5.02 Å². The second-order valence-electron chi connectivity index (χ2n) is 3.47. The number of hydrogen-bond donors (Lipinski definition) is 1. The van der Waals surface area contributed by atoms with Crippen LogP contribution < -0.4 is 10.7 Å². The summed E-state index contributed by atoms with van der Waals surface area (Å²) in [5, 5.41) is 6.91. The second-order valence-corrected chi connectivity index (χ2v) is 3.90.